The maximum atomic E-state index is 12.9. The van der Waals surface area contributed by atoms with E-state index < -0.39 is 24.2 Å². The lowest BCUT2D eigenvalue weighted by Gasteiger charge is -2.15. The zero-order chi connectivity index (χ0) is 34.8. The van der Waals surface area contributed by atoms with Crippen LogP contribution in [0.25, 0.3) is 17.2 Å². The average Bonchev–Trinajstić information content (AvgIpc) is 3.40. The molecule has 2 N–H and O–H groups in total. The number of unbranched alkanes of at least 4 members (excludes halogenated alkanes) is 1. The molecule has 1 heterocycles. The number of imidazole rings is 1. The third-order valence-corrected chi connectivity index (χ3v) is 7.21. The van der Waals surface area contributed by atoms with Gasteiger partial charge < -0.3 is 19.5 Å². The van der Waals surface area contributed by atoms with E-state index in [9.17, 15) is 27.6 Å². The number of carbonyl (C=O) groups excluding carboxylic acids is 2. The van der Waals surface area contributed by atoms with Crippen LogP contribution in [0.1, 0.15) is 63.3 Å². The Labute approximate surface area is 272 Å². The van der Waals surface area contributed by atoms with Gasteiger partial charge in [-0.25, -0.2) is 19.6 Å². The molecular formula is C35H30F3N3O7. The van der Waals surface area contributed by atoms with E-state index in [-0.39, 0.29) is 11.3 Å². The van der Waals surface area contributed by atoms with E-state index in [1.807, 2.05) is 48.6 Å². The van der Waals surface area contributed by atoms with Crippen LogP contribution in [0.5, 0.6) is 5.75 Å². The first-order valence-corrected chi connectivity index (χ1v) is 14.7. The molecule has 0 radical (unpaired) electrons. The molecule has 0 aliphatic heterocycles. The summed E-state index contributed by atoms with van der Waals surface area (Å²) in [7, 11) is 0. The molecule has 0 bridgehead atoms. The first-order chi connectivity index (χ1) is 22.9. The van der Waals surface area contributed by atoms with E-state index >= 15 is 0 Å². The number of aromatic nitrogens is 2. The van der Waals surface area contributed by atoms with Crippen LogP contribution in [0.2, 0.25) is 0 Å². The van der Waals surface area contributed by atoms with Crippen molar-refractivity contribution in [3.8, 4) is 16.9 Å². The molecule has 13 heteroatoms. The Kier molecular flexibility index (Phi) is 11.4. The maximum absolute atomic E-state index is 12.9. The zero-order valence-corrected chi connectivity index (χ0v) is 25.6. The Morgan fingerprint density at radius 3 is 2.29 bits per heavy atom. The van der Waals surface area contributed by atoms with Crippen molar-refractivity contribution in [2.45, 2.75) is 45.3 Å². The van der Waals surface area contributed by atoms with E-state index in [0.29, 0.717) is 36.1 Å². The lowest BCUT2D eigenvalue weighted by molar-refractivity contribution is -0.192. The van der Waals surface area contributed by atoms with Crippen molar-refractivity contribution in [3.63, 3.8) is 0 Å². The fraction of sp³-hybridized carbons (Fsp3) is 0.200. The number of rotatable bonds is 9. The number of aldehydes is 1. The highest BCUT2D eigenvalue weighted by atomic mass is 19.4. The molecule has 4 aromatic rings. The first kappa shape index (κ1) is 35.0. The van der Waals surface area contributed by atoms with Gasteiger partial charge in [-0.05, 0) is 41.8 Å². The molecule has 1 amide bonds. The van der Waals surface area contributed by atoms with E-state index in [4.69, 9.17) is 24.7 Å². The van der Waals surface area contributed by atoms with Crippen molar-refractivity contribution in [3.05, 3.63) is 113 Å². The number of hydrogen-bond donors (Lipinski definition) is 2. The predicted molar refractivity (Wildman–Crippen MR) is 170 cm³/mol. The number of ether oxygens (including phenoxy) is 1. The molecule has 10 nitrogen and oxygen atoms in total. The van der Waals surface area contributed by atoms with Gasteiger partial charge in [-0.3, -0.25) is 9.59 Å². The van der Waals surface area contributed by atoms with Gasteiger partial charge in [-0.1, -0.05) is 74.0 Å². The number of aliphatic imine (C=N–C) groups is 1. The topological polar surface area (TPSA) is 148 Å². The highest BCUT2D eigenvalue weighted by Gasteiger charge is 2.38. The predicted octanol–water partition coefficient (Wildman–Crippen LogP) is 7.29. The third-order valence-electron chi connectivity index (χ3n) is 7.21. The smallest absolute Gasteiger partial charge is 0.475 e. The molecule has 48 heavy (non-hydrogen) atoms. The van der Waals surface area contributed by atoms with E-state index in [0.717, 1.165) is 47.6 Å². The van der Waals surface area contributed by atoms with Gasteiger partial charge in [0.25, 0.3) is 5.91 Å². The molecular weight excluding hydrogens is 631 g/mol. The van der Waals surface area contributed by atoms with Gasteiger partial charge >= 0.3 is 18.3 Å². The molecule has 5 rings (SSSR count). The fourth-order valence-electron chi connectivity index (χ4n) is 4.92. The average molecular weight is 662 g/mol. The number of carboxylic acids is 1. The van der Waals surface area contributed by atoms with Crippen molar-refractivity contribution in [1.29, 1.82) is 0 Å². The molecule has 0 saturated heterocycles. The molecule has 0 saturated carbocycles. The van der Waals surface area contributed by atoms with E-state index in [1.165, 1.54) is 0 Å². The largest absolute Gasteiger partial charge is 0.511 e. The first-order valence-electron chi connectivity index (χ1n) is 14.7. The summed E-state index contributed by atoms with van der Waals surface area (Å²) in [5.74, 6) is -1.95. The minimum Gasteiger partial charge on any atom is -0.475 e. The molecule has 1 aliphatic carbocycles. The van der Waals surface area contributed by atoms with Crippen LogP contribution in [-0.2, 0) is 24.2 Å². The summed E-state index contributed by atoms with van der Waals surface area (Å²) < 4.78 is 38.9. The summed E-state index contributed by atoms with van der Waals surface area (Å²) in [5.41, 5.74) is 5.64. The molecule has 248 valence electrons. The number of nitrogens with zero attached hydrogens (tertiary/aromatic N) is 3. The van der Waals surface area contributed by atoms with Gasteiger partial charge in [0, 0.05) is 30.5 Å². The molecule has 3 aromatic carbocycles. The van der Waals surface area contributed by atoms with Crippen molar-refractivity contribution in [1.82, 2.24) is 9.55 Å². The van der Waals surface area contributed by atoms with Crippen LogP contribution in [-0.4, -0.2) is 56.0 Å². The number of aliphatic carboxylic acids is 1. The zero-order valence-electron chi connectivity index (χ0n) is 25.6. The van der Waals surface area contributed by atoms with E-state index in [1.54, 1.807) is 36.4 Å². The Bertz CT molecular complexity index is 1880. The highest BCUT2D eigenvalue weighted by molar-refractivity contribution is 6.12. The van der Waals surface area contributed by atoms with E-state index in [2.05, 4.69) is 16.5 Å². The van der Waals surface area contributed by atoms with Crippen molar-refractivity contribution in [2.75, 3.05) is 0 Å². The number of amides is 1. The Balaban J connectivity index is 0.000000671. The molecule has 0 unspecified atom stereocenters. The van der Waals surface area contributed by atoms with Gasteiger partial charge in [0.05, 0.1) is 22.7 Å². The van der Waals surface area contributed by atoms with Gasteiger partial charge in [0.1, 0.15) is 11.6 Å². The van der Waals surface area contributed by atoms with Gasteiger partial charge in [-0.15, -0.1) is 0 Å². The number of hydrogen-bond acceptors (Lipinski definition) is 6. The summed E-state index contributed by atoms with van der Waals surface area (Å²) in [6.45, 7) is 2.73. The van der Waals surface area contributed by atoms with Crippen LogP contribution in [0.4, 0.5) is 18.0 Å². The summed E-state index contributed by atoms with van der Waals surface area (Å²) in [4.78, 5) is 53.6. The number of carboxylic acid groups (broad SMARTS) is 2. The molecule has 0 spiro atoms. The van der Waals surface area contributed by atoms with Crippen molar-refractivity contribution < 1.29 is 47.3 Å². The van der Waals surface area contributed by atoms with Crippen LogP contribution < -0.4 is 4.74 Å². The van der Waals surface area contributed by atoms with Crippen LogP contribution in [0, 0.1) is 0 Å². The van der Waals surface area contributed by atoms with Crippen LogP contribution >= 0.6 is 0 Å². The highest BCUT2D eigenvalue weighted by Crippen LogP contribution is 2.31. The fourth-order valence-corrected chi connectivity index (χ4v) is 4.92. The lowest BCUT2D eigenvalue weighted by Crippen LogP contribution is -2.21. The normalized spacial score (nSPS) is 12.9. The van der Waals surface area contributed by atoms with Crippen LogP contribution in [0.15, 0.2) is 83.9 Å². The molecule has 1 aromatic heterocycles. The number of fused-ring (bicyclic) bond motifs is 1. The van der Waals surface area contributed by atoms with Crippen LogP contribution in [0.3, 0.4) is 0 Å². The Morgan fingerprint density at radius 1 is 0.979 bits per heavy atom. The molecule has 1 aliphatic rings. The number of allylic oxidation sites excluding steroid dienone is 1. The Hall–Kier alpha value is -5.85. The number of para-hydroxylation sites is 1. The summed E-state index contributed by atoms with van der Waals surface area (Å²) >= 11 is 0. The summed E-state index contributed by atoms with van der Waals surface area (Å²) in [6.07, 6.45) is 1.25. The second-order valence-corrected chi connectivity index (χ2v) is 10.5. The van der Waals surface area contributed by atoms with Gasteiger partial charge in [0.15, 0.2) is 6.29 Å². The monoisotopic (exact) mass is 661 g/mol. The van der Waals surface area contributed by atoms with Crippen molar-refractivity contribution >= 4 is 36.1 Å². The third kappa shape index (κ3) is 8.90. The number of halogens is 3. The quantitative estimate of drug-likeness (QED) is 0.108. The number of alkyl halides is 3. The minimum absolute atomic E-state index is 0.279. The number of carbonyl (C=O) groups is 4. The molecule has 0 fully saturated rings. The standard InChI is InChI=1S/C33H29N3O5.C2HF3O2/c1-2-3-12-31-35-28-18-17-25(34-32(38)27-10-5-4-8-24(27)21-37)19-29(28)36(31)20-22-13-15-23(16-14-22)26-9-6-7-11-30(26)41-33(39)40;3-2(4,5)1(6)7/h4-11,13-18,21H,2-3,12,19-20H2,1H3,(H,39,40);(H,6,7). The van der Waals surface area contributed by atoms with Crippen molar-refractivity contribution in [2.24, 2.45) is 4.99 Å². The summed E-state index contributed by atoms with van der Waals surface area (Å²) in [5, 5.41) is 16.2. The number of aryl methyl sites for hydroxylation is 1. The molecule has 0 atom stereocenters. The maximum Gasteiger partial charge on any atom is 0.511 e. The second-order valence-electron chi connectivity index (χ2n) is 10.5. The Morgan fingerprint density at radius 2 is 1.65 bits per heavy atom. The number of benzene rings is 3. The summed E-state index contributed by atoms with van der Waals surface area (Å²) in [6, 6.07) is 21.6. The second kappa shape index (κ2) is 15.6. The van der Waals surface area contributed by atoms with Gasteiger partial charge in [0.2, 0.25) is 0 Å². The minimum atomic E-state index is -5.08. The van der Waals surface area contributed by atoms with Gasteiger partial charge in [-0.2, -0.15) is 13.2 Å². The SMILES string of the molecule is CCCCc1nc2c(n1Cc1ccc(-c3ccccc3OC(=O)O)cc1)CC(=NC(=O)c1ccccc1C=O)C=C2.O=C(O)C(F)(F)F. The lowest BCUT2D eigenvalue weighted by atomic mass is 10.0.